The maximum Gasteiger partial charge on any atom is 0.0846 e. The van der Waals surface area contributed by atoms with E-state index in [4.69, 9.17) is 11.6 Å². The molecule has 0 saturated carbocycles. The first-order chi connectivity index (χ1) is 7.98. The second kappa shape index (κ2) is 4.52. The molecule has 0 bridgehead atoms. The predicted molar refractivity (Wildman–Crippen MR) is 72.1 cm³/mol. The van der Waals surface area contributed by atoms with Gasteiger partial charge in [-0.15, -0.1) is 0 Å². The van der Waals surface area contributed by atoms with Crippen LogP contribution in [0.2, 0.25) is 5.02 Å². The molecular weight excluding hydrogens is 232 g/mol. The minimum atomic E-state index is -0.851. The zero-order chi connectivity index (χ0) is 12.5. The lowest BCUT2D eigenvalue weighted by atomic mass is 9.90. The van der Waals surface area contributed by atoms with Gasteiger partial charge in [0.15, 0.2) is 0 Å². The summed E-state index contributed by atoms with van der Waals surface area (Å²) >= 11 is 5.88. The minimum absolute atomic E-state index is 0.717. The Kier molecular flexibility index (Phi) is 3.23. The summed E-state index contributed by atoms with van der Waals surface area (Å²) in [5.74, 6) is 0. The van der Waals surface area contributed by atoms with Gasteiger partial charge in [-0.3, -0.25) is 0 Å². The summed E-state index contributed by atoms with van der Waals surface area (Å²) in [5, 5.41) is 10.9. The fourth-order valence-corrected chi connectivity index (χ4v) is 2.02. The molecule has 2 heteroatoms. The molecule has 0 heterocycles. The lowest BCUT2D eigenvalue weighted by Gasteiger charge is -2.21. The largest absolute Gasteiger partial charge is 0.386 e. The summed E-state index contributed by atoms with van der Waals surface area (Å²) in [7, 11) is 0. The van der Waals surface area contributed by atoms with Crippen molar-refractivity contribution in [2.75, 3.05) is 0 Å². The van der Waals surface area contributed by atoms with Crippen LogP contribution in [0.1, 0.15) is 19.4 Å². The maximum absolute atomic E-state index is 10.2. The van der Waals surface area contributed by atoms with E-state index in [1.54, 1.807) is 13.8 Å². The smallest absolute Gasteiger partial charge is 0.0846 e. The highest BCUT2D eigenvalue weighted by molar-refractivity contribution is 6.30. The Morgan fingerprint density at radius 1 is 0.941 bits per heavy atom. The molecule has 0 unspecified atom stereocenters. The fraction of sp³-hybridized carbons (Fsp3) is 0.200. The van der Waals surface area contributed by atoms with Gasteiger partial charge in [0.05, 0.1) is 5.60 Å². The molecular formula is C15H15ClO. The van der Waals surface area contributed by atoms with E-state index in [1.807, 2.05) is 48.5 Å². The molecule has 1 N–H and O–H groups in total. The van der Waals surface area contributed by atoms with Crippen molar-refractivity contribution in [2.45, 2.75) is 19.4 Å². The highest BCUT2D eigenvalue weighted by Gasteiger charge is 2.19. The van der Waals surface area contributed by atoms with Crippen LogP contribution in [0.25, 0.3) is 11.1 Å². The van der Waals surface area contributed by atoms with Crippen LogP contribution in [0, 0.1) is 0 Å². The van der Waals surface area contributed by atoms with Crippen LogP contribution < -0.4 is 0 Å². The number of hydrogen-bond donors (Lipinski definition) is 1. The summed E-state index contributed by atoms with van der Waals surface area (Å²) in [6.07, 6.45) is 0. The molecule has 0 atom stereocenters. The Morgan fingerprint density at radius 2 is 1.53 bits per heavy atom. The van der Waals surface area contributed by atoms with E-state index < -0.39 is 5.60 Å². The summed E-state index contributed by atoms with van der Waals surface area (Å²) in [5.41, 5.74) is 2.17. The van der Waals surface area contributed by atoms with Crippen molar-refractivity contribution in [3.8, 4) is 11.1 Å². The minimum Gasteiger partial charge on any atom is -0.386 e. The fourth-order valence-electron chi connectivity index (χ4n) is 1.90. The molecule has 17 heavy (non-hydrogen) atoms. The summed E-state index contributed by atoms with van der Waals surface area (Å²) in [4.78, 5) is 0. The Morgan fingerprint density at radius 3 is 2.12 bits per heavy atom. The van der Waals surface area contributed by atoms with Crippen molar-refractivity contribution in [2.24, 2.45) is 0 Å². The lowest BCUT2D eigenvalue weighted by molar-refractivity contribution is 0.0792. The molecule has 2 aromatic rings. The molecule has 0 aliphatic carbocycles. The zero-order valence-electron chi connectivity index (χ0n) is 9.94. The second-order valence-corrected chi connectivity index (χ2v) is 5.05. The molecule has 2 rings (SSSR count). The summed E-state index contributed by atoms with van der Waals surface area (Å²) < 4.78 is 0. The molecule has 0 amide bonds. The molecule has 2 aromatic carbocycles. The van der Waals surface area contributed by atoms with Gasteiger partial charge < -0.3 is 5.11 Å². The normalized spacial score (nSPS) is 11.5. The Hall–Kier alpha value is -1.31. The topological polar surface area (TPSA) is 20.2 Å². The number of aliphatic hydroxyl groups is 1. The Labute approximate surface area is 107 Å². The Bertz CT molecular complexity index is 509. The van der Waals surface area contributed by atoms with E-state index in [0.717, 1.165) is 21.7 Å². The molecule has 0 aromatic heterocycles. The third-order valence-corrected chi connectivity index (χ3v) is 2.99. The molecule has 0 saturated heterocycles. The number of rotatable bonds is 2. The van der Waals surface area contributed by atoms with Gasteiger partial charge in [-0.25, -0.2) is 0 Å². The van der Waals surface area contributed by atoms with Crippen molar-refractivity contribution in [3.63, 3.8) is 0 Å². The van der Waals surface area contributed by atoms with Crippen LogP contribution in [0.15, 0.2) is 48.5 Å². The van der Waals surface area contributed by atoms with Crippen LogP contribution in [-0.4, -0.2) is 5.11 Å². The van der Waals surface area contributed by atoms with Crippen molar-refractivity contribution >= 4 is 11.6 Å². The molecule has 88 valence electrons. The van der Waals surface area contributed by atoms with E-state index in [-0.39, 0.29) is 0 Å². The van der Waals surface area contributed by atoms with Crippen LogP contribution in [0.5, 0.6) is 0 Å². The molecule has 1 nitrogen and oxygen atoms in total. The van der Waals surface area contributed by atoms with Gasteiger partial charge in [0.25, 0.3) is 0 Å². The van der Waals surface area contributed by atoms with Crippen molar-refractivity contribution in [1.82, 2.24) is 0 Å². The van der Waals surface area contributed by atoms with Gasteiger partial charge >= 0.3 is 0 Å². The Balaban J connectivity index is 2.56. The molecule has 0 fully saturated rings. The van der Waals surface area contributed by atoms with Gasteiger partial charge in [-0.05, 0) is 42.7 Å². The molecule has 0 spiro atoms. The van der Waals surface area contributed by atoms with Gasteiger partial charge in [0.2, 0.25) is 0 Å². The van der Waals surface area contributed by atoms with Gasteiger partial charge in [0.1, 0.15) is 0 Å². The van der Waals surface area contributed by atoms with Gasteiger partial charge in [-0.1, -0.05) is 48.0 Å². The molecule has 0 radical (unpaired) electrons. The first-order valence-electron chi connectivity index (χ1n) is 5.56. The standard InChI is InChI=1S/C15H15ClO/c1-15(2,17)14-6-4-3-5-13(14)11-7-9-12(16)10-8-11/h3-10,17H,1-2H3. The number of hydrogen-bond acceptors (Lipinski definition) is 1. The average Bonchev–Trinajstić information content (AvgIpc) is 2.29. The first kappa shape index (κ1) is 12.2. The van der Waals surface area contributed by atoms with Crippen molar-refractivity contribution in [3.05, 3.63) is 59.1 Å². The van der Waals surface area contributed by atoms with Crippen molar-refractivity contribution < 1.29 is 5.11 Å². The van der Waals surface area contributed by atoms with Crippen LogP contribution >= 0.6 is 11.6 Å². The van der Waals surface area contributed by atoms with Crippen LogP contribution in [0.3, 0.4) is 0 Å². The summed E-state index contributed by atoms with van der Waals surface area (Å²) in [6.45, 7) is 3.59. The van der Waals surface area contributed by atoms with E-state index in [2.05, 4.69) is 0 Å². The van der Waals surface area contributed by atoms with E-state index in [1.165, 1.54) is 0 Å². The van der Waals surface area contributed by atoms with Crippen LogP contribution in [-0.2, 0) is 5.60 Å². The monoisotopic (exact) mass is 246 g/mol. The number of halogens is 1. The first-order valence-corrected chi connectivity index (χ1v) is 5.94. The quantitative estimate of drug-likeness (QED) is 0.841. The van der Waals surface area contributed by atoms with Gasteiger partial charge in [0, 0.05) is 5.02 Å². The highest BCUT2D eigenvalue weighted by Crippen LogP contribution is 2.31. The number of benzene rings is 2. The third-order valence-electron chi connectivity index (χ3n) is 2.74. The maximum atomic E-state index is 10.2. The van der Waals surface area contributed by atoms with E-state index in [9.17, 15) is 5.11 Å². The molecule has 0 aliphatic heterocycles. The van der Waals surface area contributed by atoms with Crippen LogP contribution in [0.4, 0.5) is 0 Å². The zero-order valence-corrected chi connectivity index (χ0v) is 10.7. The van der Waals surface area contributed by atoms with Gasteiger partial charge in [-0.2, -0.15) is 0 Å². The summed E-state index contributed by atoms with van der Waals surface area (Å²) in [6, 6.07) is 15.5. The predicted octanol–water partition coefficient (Wildman–Crippen LogP) is 4.23. The van der Waals surface area contributed by atoms with E-state index in [0.29, 0.717) is 0 Å². The highest BCUT2D eigenvalue weighted by atomic mass is 35.5. The average molecular weight is 247 g/mol. The lowest BCUT2D eigenvalue weighted by Crippen LogP contribution is -2.16. The van der Waals surface area contributed by atoms with E-state index >= 15 is 0 Å². The SMILES string of the molecule is CC(C)(O)c1ccccc1-c1ccc(Cl)cc1. The second-order valence-electron chi connectivity index (χ2n) is 4.61. The molecule has 0 aliphatic rings. The van der Waals surface area contributed by atoms with Crippen molar-refractivity contribution in [1.29, 1.82) is 0 Å². The third kappa shape index (κ3) is 2.68.